The summed E-state index contributed by atoms with van der Waals surface area (Å²) in [6, 6.07) is 0.0650. The van der Waals surface area contributed by atoms with Gasteiger partial charge in [-0.3, -0.25) is 10.00 Å². The van der Waals surface area contributed by atoms with Gasteiger partial charge in [0.25, 0.3) is 0 Å². The van der Waals surface area contributed by atoms with Crippen LogP contribution in [-0.2, 0) is 4.74 Å². The van der Waals surface area contributed by atoms with Gasteiger partial charge in [-0.2, -0.15) is 5.10 Å². The number of likely N-dealkylation sites (tertiary alicyclic amines) is 1. The lowest BCUT2D eigenvalue weighted by molar-refractivity contribution is 0.0284. The lowest BCUT2D eigenvalue weighted by Crippen LogP contribution is -2.48. The summed E-state index contributed by atoms with van der Waals surface area (Å²) in [6.07, 6.45) is 4.47. The second-order valence-electron chi connectivity index (χ2n) is 8.11. The molecule has 8 nitrogen and oxygen atoms in total. The molecule has 3 aliphatic rings. The molecule has 0 aromatic carbocycles. The van der Waals surface area contributed by atoms with Crippen LogP contribution in [0.5, 0.6) is 0 Å². The number of hydrogen-bond acceptors (Lipinski definition) is 5. The molecule has 2 amide bonds. The number of aromatic amines is 1. The van der Waals surface area contributed by atoms with E-state index in [1.807, 2.05) is 11.8 Å². The Hall–Kier alpha value is -1.67. The van der Waals surface area contributed by atoms with Gasteiger partial charge in [-0.25, -0.2) is 9.78 Å². The van der Waals surface area contributed by atoms with E-state index in [0.717, 1.165) is 70.4 Å². The highest BCUT2D eigenvalue weighted by Gasteiger charge is 2.44. The van der Waals surface area contributed by atoms with E-state index in [1.165, 1.54) is 12.8 Å². The Bertz CT molecular complexity index is 623. The summed E-state index contributed by atoms with van der Waals surface area (Å²) in [5.41, 5.74) is 0.281. The van der Waals surface area contributed by atoms with E-state index in [4.69, 9.17) is 4.74 Å². The Morgan fingerprint density at radius 3 is 2.85 bits per heavy atom. The molecule has 1 aliphatic carbocycles. The fourth-order valence-corrected chi connectivity index (χ4v) is 4.09. The van der Waals surface area contributed by atoms with Gasteiger partial charge < -0.3 is 15.0 Å². The van der Waals surface area contributed by atoms with E-state index in [9.17, 15) is 4.79 Å². The van der Waals surface area contributed by atoms with E-state index in [2.05, 4.69) is 25.4 Å². The maximum atomic E-state index is 12.7. The second kappa shape index (κ2) is 7.52. The summed E-state index contributed by atoms with van der Waals surface area (Å²) in [5, 5.41) is 10.4. The number of H-pyrrole nitrogens is 1. The Morgan fingerprint density at radius 2 is 2.15 bits per heavy atom. The molecule has 1 unspecified atom stereocenters. The number of urea groups is 1. The summed E-state index contributed by atoms with van der Waals surface area (Å²) >= 11 is 0. The van der Waals surface area contributed by atoms with E-state index in [0.29, 0.717) is 6.54 Å². The zero-order chi connectivity index (χ0) is 18.0. The molecule has 2 N–H and O–H groups in total. The fraction of sp³-hybridized carbons (Fsp3) is 0.833. The summed E-state index contributed by atoms with van der Waals surface area (Å²) in [7, 11) is 0. The summed E-state index contributed by atoms with van der Waals surface area (Å²) in [4.78, 5) is 21.5. The molecule has 0 radical (unpaired) electrons. The normalized spacial score (nSPS) is 25.9. The molecule has 0 spiro atoms. The molecule has 144 valence electrons. The van der Waals surface area contributed by atoms with Gasteiger partial charge in [-0.05, 0) is 32.6 Å². The molecule has 1 atom stereocenters. The third kappa shape index (κ3) is 4.17. The zero-order valence-corrected chi connectivity index (χ0v) is 15.7. The van der Waals surface area contributed by atoms with Gasteiger partial charge in [0.1, 0.15) is 5.82 Å². The topological polar surface area (TPSA) is 86.4 Å². The molecule has 2 saturated heterocycles. The smallest absolute Gasteiger partial charge is 0.317 e. The first-order valence-corrected chi connectivity index (χ1v) is 9.85. The van der Waals surface area contributed by atoms with E-state index < -0.39 is 0 Å². The number of morpholine rings is 1. The van der Waals surface area contributed by atoms with Gasteiger partial charge in [0.15, 0.2) is 5.82 Å². The maximum absolute atomic E-state index is 12.7. The van der Waals surface area contributed by atoms with Crippen molar-refractivity contribution in [2.75, 3.05) is 52.5 Å². The third-order valence-corrected chi connectivity index (χ3v) is 5.92. The molecule has 1 aromatic heterocycles. The number of ether oxygens (including phenoxy) is 1. The Kier molecular flexibility index (Phi) is 5.13. The minimum atomic E-state index is 0.0650. The molecule has 3 fully saturated rings. The predicted octanol–water partition coefficient (Wildman–Crippen LogP) is 1.11. The van der Waals surface area contributed by atoms with Crippen molar-refractivity contribution in [2.45, 2.75) is 38.5 Å². The Morgan fingerprint density at radius 1 is 1.35 bits per heavy atom. The number of rotatable bonds is 5. The first-order chi connectivity index (χ1) is 12.6. The highest BCUT2D eigenvalue weighted by Crippen LogP contribution is 2.45. The number of amides is 2. The predicted molar refractivity (Wildman–Crippen MR) is 97.0 cm³/mol. The van der Waals surface area contributed by atoms with Crippen molar-refractivity contribution in [3.05, 3.63) is 11.6 Å². The van der Waals surface area contributed by atoms with Crippen LogP contribution in [0.4, 0.5) is 4.79 Å². The van der Waals surface area contributed by atoms with Crippen LogP contribution >= 0.6 is 0 Å². The maximum Gasteiger partial charge on any atom is 0.317 e. The van der Waals surface area contributed by atoms with Crippen LogP contribution < -0.4 is 5.32 Å². The first kappa shape index (κ1) is 17.7. The Balaban J connectivity index is 1.26. The lowest BCUT2D eigenvalue weighted by atomic mass is 9.97. The molecular formula is C18H30N6O2. The van der Waals surface area contributed by atoms with Crippen molar-refractivity contribution in [2.24, 2.45) is 5.41 Å². The van der Waals surface area contributed by atoms with E-state index in [1.54, 1.807) is 0 Å². The van der Waals surface area contributed by atoms with Gasteiger partial charge in [-0.1, -0.05) is 0 Å². The third-order valence-electron chi connectivity index (χ3n) is 5.92. The van der Waals surface area contributed by atoms with Crippen molar-refractivity contribution < 1.29 is 9.53 Å². The number of carbonyl (C=O) groups excluding carboxylic acids is 1. The Labute approximate surface area is 154 Å². The monoisotopic (exact) mass is 362 g/mol. The molecule has 26 heavy (non-hydrogen) atoms. The van der Waals surface area contributed by atoms with Crippen molar-refractivity contribution in [1.29, 1.82) is 0 Å². The molecule has 2 aliphatic heterocycles. The standard InChI is InChI=1S/C18H30N6O2/c1-14-20-16(22-21-14)15-3-2-6-24(11-15)17(25)19-12-18(4-5-18)13-23-7-9-26-10-8-23/h15H,2-13H2,1H3,(H,19,25)(H,20,21,22). The van der Waals surface area contributed by atoms with E-state index in [-0.39, 0.29) is 17.4 Å². The average molecular weight is 362 g/mol. The van der Waals surface area contributed by atoms with Crippen LogP contribution in [0.3, 0.4) is 0 Å². The SMILES string of the molecule is Cc1nc(C2CCCN(C(=O)NCC3(CN4CCOCC4)CC3)C2)n[nH]1. The van der Waals surface area contributed by atoms with Gasteiger partial charge in [0.05, 0.1) is 13.2 Å². The van der Waals surface area contributed by atoms with Crippen LogP contribution in [-0.4, -0.2) is 83.5 Å². The van der Waals surface area contributed by atoms with Gasteiger partial charge in [0.2, 0.25) is 0 Å². The highest BCUT2D eigenvalue weighted by atomic mass is 16.5. The summed E-state index contributed by atoms with van der Waals surface area (Å²) < 4.78 is 5.43. The summed E-state index contributed by atoms with van der Waals surface area (Å²) in [6.45, 7) is 8.99. The molecule has 8 heteroatoms. The number of aryl methyl sites for hydroxylation is 1. The molecule has 1 aromatic rings. The molecule has 3 heterocycles. The van der Waals surface area contributed by atoms with Gasteiger partial charge >= 0.3 is 6.03 Å². The lowest BCUT2D eigenvalue weighted by Gasteiger charge is -2.33. The van der Waals surface area contributed by atoms with Crippen molar-refractivity contribution >= 4 is 6.03 Å². The molecule has 4 rings (SSSR count). The number of carbonyl (C=O) groups is 1. The number of hydrogen-bond donors (Lipinski definition) is 2. The van der Waals surface area contributed by atoms with Crippen LogP contribution in [0.2, 0.25) is 0 Å². The van der Waals surface area contributed by atoms with Crippen molar-refractivity contribution in [3.8, 4) is 0 Å². The quantitative estimate of drug-likeness (QED) is 0.820. The minimum absolute atomic E-state index is 0.0650. The van der Waals surface area contributed by atoms with Crippen LogP contribution in [0.25, 0.3) is 0 Å². The summed E-state index contributed by atoms with van der Waals surface area (Å²) in [5.74, 6) is 1.91. The number of nitrogens with zero attached hydrogens (tertiary/aromatic N) is 4. The highest BCUT2D eigenvalue weighted by molar-refractivity contribution is 5.74. The largest absolute Gasteiger partial charge is 0.379 e. The molecule has 0 bridgehead atoms. The first-order valence-electron chi connectivity index (χ1n) is 9.85. The van der Waals surface area contributed by atoms with Crippen molar-refractivity contribution in [3.63, 3.8) is 0 Å². The van der Waals surface area contributed by atoms with E-state index >= 15 is 0 Å². The van der Waals surface area contributed by atoms with Crippen LogP contribution in [0.15, 0.2) is 0 Å². The number of nitrogens with one attached hydrogen (secondary N) is 2. The van der Waals surface area contributed by atoms with Crippen molar-refractivity contribution in [1.82, 2.24) is 30.3 Å². The van der Waals surface area contributed by atoms with Crippen LogP contribution in [0.1, 0.15) is 43.3 Å². The number of piperidine rings is 1. The fourth-order valence-electron chi connectivity index (χ4n) is 4.09. The van der Waals surface area contributed by atoms with Gasteiger partial charge in [-0.15, -0.1) is 0 Å². The second-order valence-corrected chi connectivity index (χ2v) is 8.11. The zero-order valence-electron chi connectivity index (χ0n) is 15.7. The van der Waals surface area contributed by atoms with Crippen LogP contribution in [0, 0.1) is 12.3 Å². The molecular weight excluding hydrogens is 332 g/mol. The average Bonchev–Trinajstić information content (AvgIpc) is 3.29. The van der Waals surface area contributed by atoms with Gasteiger partial charge in [0, 0.05) is 50.6 Å². The minimum Gasteiger partial charge on any atom is -0.379 e. The molecule has 1 saturated carbocycles. The number of aromatic nitrogens is 3.